The minimum Gasteiger partial charge on any atom is -0.380 e. The maximum absolute atomic E-state index is 4.33. The molecule has 1 heterocycles. The Kier molecular flexibility index (Phi) is 3.74. The lowest BCUT2D eigenvalue weighted by Crippen LogP contribution is -2.18. The maximum Gasteiger partial charge on any atom is 0.151 e. The average molecular weight is 193 g/mol. The van der Waals surface area contributed by atoms with E-state index >= 15 is 0 Å². The zero-order valence-corrected chi connectivity index (χ0v) is 9.41. The molecule has 1 aromatic heterocycles. The summed E-state index contributed by atoms with van der Waals surface area (Å²) >= 11 is 0. The largest absolute Gasteiger partial charge is 0.380 e. The van der Waals surface area contributed by atoms with E-state index in [9.17, 15) is 0 Å². The van der Waals surface area contributed by atoms with Crippen LogP contribution in [-0.4, -0.2) is 25.1 Å². The molecule has 0 spiro atoms. The van der Waals surface area contributed by atoms with Crippen LogP contribution < -0.4 is 10.2 Å². The Morgan fingerprint density at radius 2 is 2.21 bits per heavy atom. The Hall–Kier alpha value is -1.25. The van der Waals surface area contributed by atoms with Gasteiger partial charge in [-0.2, -0.15) is 0 Å². The minimum atomic E-state index is 0.484. The van der Waals surface area contributed by atoms with Gasteiger partial charge in [-0.05, 0) is 25.5 Å². The van der Waals surface area contributed by atoms with Crippen LogP contribution in [0.5, 0.6) is 0 Å². The highest BCUT2D eigenvalue weighted by atomic mass is 15.2. The number of nitrogens with one attached hydrogen (secondary N) is 1. The molecule has 0 saturated carbocycles. The fraction of sp³-hybridized carbons (Fsp3) is 0.545. The summed E-state index contributed by atoms with van der Waals surface area (Å²) in [5.74, 6) is 0.993. The number of anilines is 2. The van der Waals surface area contributed by atoms with Gasteiger partial charge in [0.1, 0.15) is 0 Å². The number of hydrogen-bond donors (Lipinski definition) is 1. The normalized spacial score (nSPS) is 12.3. The van der Waals surface area contributed by atoms with Crippen LogP contribution in [0.1, 0.15) is 20.3 Å². The van der Waals surface area contributed by atoms with Crippen molar-refractivity contribution in [2.24, 2.45) is 0 Å². The molecule has 0 aliphatic heterocycles. The molecular formula is C11H19N3. The Morgan fingerprint density at radius 3 is 2.79 bits per heavy atom. The van der Waals surface area contributed by atoms with E-state index in [0.29, 0.717) is 6.04 Å². The summed E-state index contributed by atoms with van der Waals surface area (Å²) in [6.45, 7) is 4.34. The number of pyridine rings is 1. The number of aromatic nitrogens is 1. The van der Waals surface area contributed by atoms with Crippen molar-refractivity contribution < 1.29 is 0 Å². The van der Waals surface area contributed by atoms with Gasteiger partial charge < -0.3 is 10.2 Å². The topological polar surface area (TPSA) is 28.2 Å². The zero-order valence-electron chi connectivity index (χ0n) is 9.41. The second-order valence-electron chi connectivity index (χ2n) is 3.72. The molecule has 0 fully saturated rings. The van der Waals surface area contributed by atoms with Crippen LogP contribution in [0.25, 0.3) is 0 Å². The van der Waals surface area contributed by atoms with Crippen molar-refractivity contribution in [2.45, 2.75) is 26.3 Å². The highest BCUT2D eigenvalue weighted by Gasteiger charge is 2.06. The number of nitrogens with zero attached hydrogens (tertiary/aromatic N) is 2. The summed E-state index contributed by atoms with van der Waals surface area (Å²) in [6, 6.07) is 4.50. The molecule has 0 amide bonds. The molecule has 0 radical (unpaired) electrons. The second kappa shape index (κ2) is 4.84. The van der Waals surface area contributed by atoms with Crippen LogP contribution in [0.15, 0.2) is 18.3 Å². The highest BCUT2D eigenvalue weighted by molar-refractivity contribution is 5.64. The molecule has 3 nitrogen and oxygen atoms in total. The van der Waals surface area contributed by atoms with Crippen LogP contribution in [0, 0.1) is 0 Å². The zero-order chi connectivity index (χ0) is 10.6. The molecule has 1 atom stereocenters. The van der Waals surface area contributed by atoms with Crippen LogP contribution in [-0.2, 0) is 0 Å². The molecule has 3 heteroatoms. The van der Waals surface area contributed by atoms with Crippen molar-refractivity contribution in [2.75, 3.05) is 24.3 Å². The van der Waals surface area contributed by atoms with Gasteiger partial charge >= 0.3 is 0 Å². The lowest BCUT2D eigenvalue weighted by Gasteiger charge is -2.19. The van der Waals surface area contributed by atoms with Crippen molar-refractivity contribution in [1.29, 1.82) is 0 Å². The lowest BCUT2D eigenvalue weighted by atomic mass is 10.2. The third-order valence-corrected chi connectivity index (χ3v) is 2.22. The Labute approximate surface area is 86.2 Å². The Bertz CT molecular complexity index is 284. The van der Waals surface area contributed by atoms with E-state index < -0.39 is 0 Å². The summed E-state index contributed by atoms with van der Waals surface area (Å²) < 4.78 is 0. The molecular weight excluding hydrogens is 174 g/mol. The first-order valence-electron chi connectivity index (χ1n) is 5.04. The van der Waals surface area contributed by atoms with Crippen LogP contribution >= 0.6 is 0 Å². The first kappa shape index (κ1) is 10.8. The summed E-state index contributed by atoms with van der Waals surface area (Å²) in [6.07, 6.45) is 2.93. The predicted octanol–water partition coefficient (Wildman–Crippen LogP) is 2.36. The van der Waals surface area contributed by atoms with E-state index in [-0.39, 0.29) is 0 Å². The third kappa shape index (κ3) is 2.62. The van der Waals surface area contributed by atoms with E-state index in [1.165, 1.54) is 0 Å². The van der Waals surface area contributed by atoms with E-state index in [0.717, 1.165) is 17.9 Å². The van der Waals surface area contributed by atoms with Crippen molar-refractivity contribution >= 4 is 11.5 Å². The molecule has 14 heavy (non-hydrogen) atoms. The molecule has 0 aliphatic rings. The van der Waals surface area contributed by atoms with Gasteiger partial charge in [-0.15, -0.1) is 0 Å². The van der Waals surface area contributed by atoms with Gasteiger partial charge in [-0.25, -0.2) is 4.98 Å². The first-order chi connectivity index (χ1) is 6.65. The van der Waals surface area contributed by atoms with E-state index in [2.05, 4.69) is 30.2 Å². The number of hydrogen-bond acceptors (Lipinski definition) is 3. The Morgan fingerprint density at radius 1 is 1.50 bits per heavy atom. The monoisotopic (exact) mass is 193 g/mol. The van der Waals surface area contributed by atoms with Gasteiger partial charge in [-0.1, -0.05) is 6.92 Å². The van der Waals surface area contributed by atoms with Crippen LogP contribution in [0.3, 0.4) is 0 Å². The highest BCUT2D eigenvalue weighted by Crippen LogP contribution is 2.21. The van der Waals surface area contributed by atoms with Crippen molar-refractivity contribution in [3.63, 3.8) is 0 Å². The van der Waals surface area contributed by atoms with E-state index in [4.69, 9.17) is 0 Å². The Balaban J connectivity index is 2.84. The number of rotatable bonds is 4. The van der Waals surface area contributed by atoms with E-state index in [1.54, 1.807) is 0 Å². The summed E-state index contributed by atoms with van der Waals surface area (Å²) in [4.78, 5) is 6.35. The smallest absolute Gasteiger partial charge is 0.151 e. The predicted molar refractivity (Wildman–Crippen MR) is 61.9 cm³/mol. The molecule has 1 aromatic rings. The quantitative estimate of drug-likeness (QED) is 0.795. The molecule has 0 saturated heterocycles. The molecule has 0 bridgehead atoms. The van der Waals surface area contributed by atoms with Crippen molar-refractivity contribution in [3.05, 3.63) is 18.3 Å². The molecule has 0 aliphatic carbocycles. The maximum atomic E-state index is 4.33. The fourth-order valence-electron chi connectivity index (χ4n) is 1.23. The van der Waals surface area contributed by atoms with Gasteiger partial charge in [0, 0.05) is 26.3 Å². The molecule has 1 N–H and O–H groups in total. The van der Waals surface area contributed by atoms with Gasteiger partial charge in [0.25, 0.3) is 0 Å². The first-order valence-corrected chi connectivity index (χ1v) is 5.04. The fourth-order valence-corrected chi connectivity index (χ4v) is 1.23. The molecule has 1 unspecified atom stereocenters. The molecule has 78 valence electrons. The van der Waals surface area contributed by atoms with Gasteiger partial charge in [-0.3, -0.25) is 0 Å². The van der Waals surface area contributed by atoms with Gasteiger partial charge in [0.2, 0.25) is 0 Å². The molecule has 1 rings (SSSR count). The van der Waals surface area contributed by atoms with Crippen molar-refractivity contribution in [1.82, 2.24) is 4.98 Å². The van der Waals surface area contributed by atoms with Crippen LogP contribution in [0.4, 0.5) is 11.5 Å². The van der Waals surface area contributed by atoms with Crippen molar-refractivity contribution in [3.8, 4) is 0 Å². The van der Waals surface area contributed by atoms with E-state index in [1.807, 2.05) is 31.3 Å². The third-order valence-electron chi connectivity index (χ3n) is 2.22. The minimum absolute atomic E-state index is 0.484. The average Bonchev–Trinajstić information content (AvgIpc) is 2.18. The molecule has 0 aromatic carbocycles. The van der Waals surface area contributed by atoms with Gasteiger partial charge in [0.15, 0.2) is 5.82 Å². The van der Waals surface area contributed by atoms with Crippen LogP contribution in [0.2, 0.25) is 0 Å². The standard InChI is InChI=1S/C11H19N3/c1-5-9(2)13-10-7-6-8-12-11(10)14(3)4/h6-9,13H,5H2,1-4H3. The SMILES string of the molecule is CCC(C)Nc1cccnc1N(C)C. The summed E-state index contributed by atoms with van der Waals surface area (Å²) in [7, 11) is 4.01. The lowest BCUT2D eigenvalue weighted by molar-refractivity contribution is 0.762. The summed E-state index contributed by atoms with van der Waals surface area (Å²) in [5, 5.41) is 3.44. The second-order valence-corrected chi connectivity index (χ2v) is 3.72. The summed E-state index contributed by atoms with van der Waals surface area (Å²) in [5.41, 5.74) is 1.10. The van der Waals surface area contributed by atoms with Gasteiger partial charge in [0.05, 0.1) is 5.69 Å².